The predicted octanol–water partition coefficient (Wildman–Crippen LogP) is 2.88. The number of hydrogen-bond acceptors (Lipinski definition) is 8. The normalized spacial score (nSPS) is 19.6. The zero-order chi connectivity index (χ0) is 23.9. The molecule has 3 N–H and O–H groups in total. The molecule has 1 aromatic carbocycles. The Labute approximate surface area is 197 Å². The second-order valence-electron chi connectivity index (χ2n) is 8.44. The van der Waals surface area contributed by atoms with Crippen molar-refractivity contribution in [1.29, 1.82) is 0 Å². The fourth-order valence-corrected chi connectivity index (χ4v) is 3.78. The quantitative estimate of drug-likeness (QED) is 0.260. The van der Waals surface area contributed by atoms with Gasteiger partial charge in [0.15, 0.2) is 5.76 Å². The third-order valence-corrected chi connectivity index (χ3v) is 5.86. The molecular formula is C24H28N4O6. The summed E-state index contributed by atoms with van der Waals surface area (Å²) in [6, 6.07) is 10.4. The summed E-state index contributed by atoms with van der Waals surface area (Å²) in [5.41, 5.74) is 1.73. The van der Waals surface area contributed by atoms with Crippen LogP contribution >= 0.6 is 0 Å². The number of ether oxygens (including phenoxy) is 2. The van der Waals surface area contributed by atoms with Crippen LogP contribution in [-0.4, -0.2) is 40.3 Å². The number of aliphatic hydroxyl groups excluding tert-OH is 1. The van der Waals surface area contributed by atoms with Crippen molar-refractivity contribution in [3.63, 3.8) is 0 Å². The highest BCUT2D eigenvalue weighted by molar-refractivity contribution is 5.91. The van der Waals surface area contributed by atoms with Crippen molar-refractivity contribution in [2.24, 2.45) is 11.8 Å². The van der Waals surface area contributed by atoms with Gasteiger partial charge in [-0.05, 0) is 47.9 Å². The third-order valence-electron chi connectivity index (χ3n) is 5.86. The van der Waals surface area contributed by atoms with Crippen molar-refractivity contribution < 1.29 is 24.3 Å². The van der Waals surface area contributed by atoms with Crippen LogP contribution in [0.1, 0.15) is 30.4 Å². The minimum atomic E-state index is -0.506. The van der Waals surface area contributed by atoms with E-state index >= 15 is 0 Å². The molecule has 0 radical (unpaired) electrons. The molecular weight excluding hydrogens is 440 g/mol. The van der Waals surface area contributed by atoms with Crippen molar-refractivity contribution in [2.75, 3.05) is 18.4 Å². The van der Waals surface area contributed by atoms with E-state index in [1.807, 2.05) is 30.3 Å². The zero-order valence-electron chi connectivity index (χ0n) is 18.7. The van der Waals surface area contributed by atoms with Crippen LogP contribution in [0.4, 0.5) is 11.5 Å². The van der Waals surface area contributed by atoms with Crippen LogP contribution in [0.15, 0.2) is 54.4 Å². The smallest absolute Gasteiger partial charge is 0.287 e. The lowest BCUT2D eigenvalue weighted by Gasteiger charge is -2.29. The Balaban J connectivity index is 1.26. The summed E-state index contributed by atoms with van der Waals surface area (Å²) in [7, 11) is 0. The molecule has 2 aliphatic rings. The summed E-state index contributed by atoms with van der Waals surface area (Å²) in [5, 5.41) is 25.7. The Hall–Kier alpha value is -3.50. The van der Waals surface area contributed by atoms with E-state index in [1.54, 1.807) is 0 Å². The van der Waals surface area contributed by atoms with Gasteiger partial charge in [0.05, 0.1) is 18.1 Å². The molecule has 4 rings (SSSR count). The van der Waals surface area contributed by atoms with E-state index in [0.29, 0.717) is 37.9 Å². The number of hydrogen-bond donors (Lipinski definition) is 3. The fraction of sp³-hybridized carbons (Fsp3) is 0.417. The van der Waals surface area contributed by atoms with E-state index in [4.69, 9.17) is 14.6 Å². The highest BCUT2D eigenvalue weighted by Crippen LogP contribution is 2.42. The van der Waals surface area contributed by atoms with E-state index < -0.39 is 11.2 Å². The number of carbonyl (C=O) groups is 1. The standard InChI is InChI=1S/C24H28N4O6/c29-14-16-1-3-17(4-2-16)15-33-23-12-19(18-5-6-18)11-21(34-23)24(30)26-10-9-25-22-8-7-20(13-27-22)28(31)32/h1-4,7-8,11,13,18-19,23,29H,5-6,9-10,12,14-15H2,(H,25,27)(H,26,30)/t19-,23+/m1/s1. The van der Waals surface area contributed by atoms with Gasteiger partial charge < -0.3 is 25.2 Å². The predicted molar refractivity (Wildman–Crippen MR) is 123 cm³/mol. The van der Waals surface area contributed by atoms with E-state index in [9.17, 15) is 14.9 Å². The molecule has 2 aromatic rings. The van der Waals surface area contributed by atoms with E-state index in [-0.39, 0.29) is 29.9 Å². The minimum absolute atomic E-state index is 0.000876. The van der Waals surface area contributed by atoms with Crippen molar-refractivity contribution in [1.82, 2.24) is 10.3 Å². The Bertz CT molecular complexity index is 1020. The van der Waals surface area contributed by atoms with Gasteiger partial charge in [0, 0.05) is 25.6 Å². The van der Waals surface area contributed by atoms with Crippen molar-refractivity contribution in [2.45, 2.75) is 38.8 Å². The molecule has 1 aliphatic carbocycles. The molecule has 0 bridgehead atoms. The van der Waals surface area contributed by atoms with Crippen molar-refractivity contribution in [3.05, 3.63) is 75.7 Å². The molecule has 1 saturated carbocycles. The number of aliphatic hydroxyl groups is 1. The molecule has 10 nitrogen and oxygen atoms in total. The maximum absolute atomic E-state index is 12.7. The van der Waals surface area contributed by atoms with E-state index in [1.165, 1.54) is 18.3 Å². The average molecular weight is 469 g/mol. The lowest BCUT2D eigenvalue weighted by atomic mass is 9.96. The maximum atomic E-state index is 12.7. The number of allylic oxidation sites excluding steroid dienone is 1. The minimum Gasteiger partial charge on any atom is -0.459 e. The van der Waals surface area contributed by atoms with Gasteiger partial charge >= 0.3 is 0 Å². The van der Waals surface area contributed by atoms with Crippen LogP contribution in [0, 0.1) is 22.0 Å². The van der Waals surface area contributed by atoms with E-state index in [2.05, 4.69) is 15.6 Å². The lowest BCUT2D eigenvalue weighted by molar-refractivity contribution is -0.385. The number of anilines is 1. The SMILES string of the molecule is O=C(NCCNc1ccc([N+](=O)[O-])cn1)C1=C[C@@H](C2CC2)C[C@@H](OCc2ccc(CO)cc2)O1. The Morgan fingerprint density at radius 1 is 1.18 bits per heavy atom. The summed E-state index contributed by atoms with van der Waals surface area (Å²) < 4.78 is 11.8. The van der Waals surface area contributed by atoms with Crippen LogP contribution in [0.25, 0.3) is 0 Å². The van der Waals surface area contributed by atoms with Crippen LogP contribution in [-0.2, 0) is 27.5 Å². The number of nitrogens with one attached hydrogen (secondary N) is 2. The first-order chi connectivity index (χ1) is 16.5. The number of carbonyl (C=O) groups excluding carboxylic acids is 1. The molecule has 1 amide bonds. The van der Waals surface area contributed by atoms with Crippen LogP contribution in [0.2, 0.25) is 0 Å². The lowest BCUT2D eigenvalue weighted by Crippen LogP contribution is -2.35. The van der Waals surface area contributed by atoms with E-state index in [0.717, 1.165) is 24.0 Å². The highest BCUT2D eigenvalue weighted by Gasteiger charge is 2.37. The molecule has 0 spiro atoms. The fourth-order valence-electron chi connectivity index (χ4n) is 3.78. The molecule has 1 aliphatic heterocycles. The van der Waals surface area contributed by atoms with Gasteiger partial charge in [-0.2, -0.15) is 0 Å². The molecule has 10 heteroatoms. The molecule has 34 heavy (non-hydrogen) atoms. The van der Waals surface area contributed by atoms with Crippen molar-refractivity contribution >= 4 is 17.4 Å². The number of nitro groups is 1. The molecule has 1 aromatic heterocycles. The summed E-state index contributed by atoms with van der Waals surface area (Å²) in [4.78, 5) is 26.9. The highest BCUT2D eigenvalue weighted by atomic mass is 16.7. The first-order valence-electron chi connectivity index (χ1n) is 11.3. The number of amides is 1. The topological polar surface area (TPSA) is 136 Å². The third kappa shape index (κ3) is 6.52. The number of pyridine rings is 1. The summed E-state index contributed by atoms with van der Waals surface area (Å²) in [6.07, 6.45) is 5.60. The summed E-state index contributed by atoms with van der Waals surface area (Å²) in [5.74, 6) is 1.28. The van der Waals surface area contributed by atoms with Gasteiger partial charge in [0.1, 0.15) is 12.0 Å². The van der Waals surface area contributed by atoms with Gasteiger partial charge in [-0.3, -0.25) is 14.9 Å². The number of nitrogens with zero attached hydrogens (tertiary/aromatic N) is 2. The molecule has 0 unspecified atom stereocenters. The molecule has 0 saturated heterocycles. The van der Waals surface area contributed by atoms with Gasteiger partial charge in [-0.25, -0.2) is 4.98 Å². The van der Waals surface area contributed by atoms with Crippen LogP contribution in [0.3, 0.4) is 0 Å². The maximum Gasteiger partial charge on any atom is 0.287 e. The first kappa shape index (κ1) is 23.7. The zero-order valence-corrected chi connectivity index (χ0v) is 18.7. The monoisotopic (exact) mass is 468 g/mol. The first-order valence-corrected chi connectivity index (χ1v) is 11.3. The van der Waals surface area contributed by atoms with Gasteiger partial charge in [0.2, 0.25) is 6.29 Å². The Morgan fingerprint density at radius 2 is 1.94 bits per heavy atom. The second kappa shape index (κ2) is 11.1. The average Bonchev–Trinajstić information content (AvgIpc) is 3.71. The van der Waals surface area contributed by atoms with Gasteiger partial charge in [0.25, 0.3) is 11.6 Å². The number of benzene rings is 1. The Kier molecular flexibility index (Phi) is 7.71. The van der Waals surface area contributed by atoms with Gasteiger partial charge in [-0.1, -0.05) is 24.3 Å². The number of aromatic nitrogens is 1. The second-order valence-corrected chi connectivity index (χ2v) is 8.44. The summed E-state index contributed by atoms with van der Waals surface area (Å²) >= 11 is 0. The van der Waals surface area contributed by atoms with Crippen molar-refractivity contribution in [3.8, 4) is 0 Å². The summed E-state index contributed by atoms with van der Waals surface area (Å²) in [6.45, 7) is 1.09. The molecule has 2 atom stereocenters. The largest absolute Gasteiger partial charge is 0.459 e. The number of rotatable bonds is 11. The molecule has 2 heterocycles. The Morgan fingerprint density at radius 3 is 2.59 bits per heavy atom. The van der Waals surface area contributed by atoms with Crippen LogP contribution in [0.5, 0.6) is 0 Å². The molecule has 180 valence electrons. The van der Waals surface area contributed by atoms with Gasteiger partial charge in [-0.15, -0.1) is 0 Å². The van der Waals surface area contributed by atoms with Crippen LogP contribution < -0.4 is 10.6 Å². The molecule has 1 fully saturated rings.